The highest BCUT2D eigenvalue weighted by atomic mass is 32.3. The number of rotatable bonds is 0. The van der Waals surface area contributed by atoms with E-state index in [1.54, 1.807) is 0 Å². The van der Waals surface area contributed by atoms with E-state index < -0.39 is 46.1 Å². The third-order valence-electron chi connectivity index (χ3n) is 2.37. The average molecular weight is 402 g/mol. The van der Waals surface area contributed by atoms with Gasteiger partial charge in [0.2, 0.25) is 0 Å². The van der Waals surface area contributed by atoms with Crippen molar-refractivity contribution in [2.45, 2.75) is 35.5 Å². The van der Waals surface area contributed by atoms with Crippen LogP contribution in [0.25, 0.3) is 0 Å². The normalized spacial score (nSPS) is 29.1. The Morgan fingerprint density at radius 3 is 0.478 bits per heavy atom. The summed E-state index contributed by atoms with van der Waals surface area (Å²) in [4.78, 5) is 0. The van der Waals surface area contributed by atoms with Gasteiger partial charge in [-0.15, -0.1) is 0 Å². The first kappa shape index (κ1) is 22.0. The molecule has 0 heterocycles. The van der Waals surface area contributed by atoms with Gasteiger partial charge in [0.25, 0.3) is 0 Å². The van der Waals surface area contributed by atoms with E-state index in [0.717, 1.165) is 0 Å². The minimum absolute atomic E-state index is 5.67. The monoisotopic (exact) mass is 402 g/mol. The van der Waals surface area contributed by atoms with E-state index in [1.165, 1.54) is 0 Å². The van der Waals surface area contributed by atoms with Gasteiger partial charge in [0.1, 0.15) is 0 Å². The lowest BCUT2D eigenvalue weighted by atomic mass is 9.80. The van der Waals surface area contributed by atoms with Crippen LogP contribution < -0.4 is 0 Å². The lowest BCUT2D eigenvalue weighted by Crippen LogP contribution is -2.82. The van der Waals surface area contributed by atoms with Crippen molar-refractivity contribution in [2.24, 2.45) is 0 Å². The minimum Gasteiger partial charge on any atom is -0.192 e. The molecule has 1 aliphatic carbocycles. The van der Waals surface area contributed by atoms with E-state index in [4.69, 9.17) is 8.42 Å². The fraction of sp³-hybridized carbons (Fsp3) is 1.00. The van der Waals surface area contributed by atoms with E-state index in [1.807, 2.05) is 0 Å². The van der Waals surface area contributed by atoms with E-state index in [2.05, 4.69) is 0 Å². The van der Waals surface area contributed by atoms with Gasteiger partial charge in [-0.3, -0.25) is 0 Å². The third kappa shape index (κ3) is 2.69. The van der Waals surface area contributed by atoms with Gasteiger partial charge in [-0.2, -0.15) is 61.1 Å². The summed E-state index contributed by atoms with van der Waals surface area (Å²) in [6.45, 7) is 0. The summed E-state index contributed by atoms with van der Waals surface area (Å²) in [5, 5.41) is 0. The number of halogens is 14. The summed E-state index contributed by atoms with van der Waals surface area (Å²) in [5.74, 6) is -44.1. The largest absolute Gasteiger partial charge is 0.476 e. The van der Waals surface area contributed by atoms with Crippen LogP contribution in [0.3, 0.4) is 0 Å². The molecule has 1 rings (SSSR count). The molecule has 0 aromatic rings. The van der Waals surface area contributed by atoms with E-state index in [0.29, 0.717) is 0 Å². The Balaban J connectivity index is 0.000000841. The molecule has 1 saturated carbocycles. The maximum absolute atomic E-state index is 12.3. The van der Waals surface area contributed by atoms with Gasteiger partial charge < -0.3 is 0 Å². The van der Waals surface area contributed by atoms with Gasteiger partial charge in [-0.1, -0.05) is 7.77 Å². The van der Waals surface area contributed by atoms with Crippen LogP contribution in [0.1, 0.15) is 0 Å². The molecule has 1 aliphatic rings. The van der Waals surface area contributed by atoms with E-state index in [9.17, 15) is 60.5 Å². The van der Waals surface area contributed by atoms with E-state index >= 15 is 0 Å². The van der Waals surface area contributed by atoms with Crippen molar-refractivity contribution in [3.8, 4) is 0 Å². The van der Waals surface area contributed by atoms with Crippen molar-refractivity contribution in [1.82, 2.24) is 0 Å². The second-order valence-corrected chi connectivity index (χ2v) is 4.58. The lowest BCUT2D eigenvalue weighted by Gasteiger charge is -2.49. The molecule has 0 N–H and O–H groups in total. The van der Waals surface area contributed by atoms with Gasteiger partial charge >= 0.3 is 46.1 Å². The number of alkyl halides is 12. The number of hydrogen-bond acceptors (Lipinski definition) is 2. The second kappa shape index (κ2) is 4.98. The predicted octanol–water partition coefficient (Wildman–Crippen LogP) is 3.98. The zero-order valence-corrected chi connectivity index (χ0v) is 10.3. The van der Waals surface area contributed by atoms with Gasteiger partial charge in [0, 0.05) is 0 Å². The zero-order chi connectivity index (χ0) is 19.5. The highest BCUT2D eigenvalue weighted by molar-refractivity contribution is 7.81. The van der Waals surface area contributed by atoms with Gasteiger partial charge in [0.05, 0.1) is 0 Å². The Morgan fingerprint density at radius 1 is 0.391 bits per heavy atom. The summed E-state index contributed by atoms with van der Waals surface area (Å²) >= 11 is 0. The van der Waals surface area contributed by atoms with Crippen molar-refractivity contribution >= 4 is 10.6 Å². The molecule has 1 fully saturated rings. The summed E-state index contributed by atoms with van der Waals surface area (Å²) in [6.07, 6.45) is 0. The lowest BCUT2D eigenvalue weighted by molar-refractivity contribution is -0.506. The summed E-state index contributed by atoms with van der Waals surface area (Å²) in [7, 11) is -5.67. The molecule has 0 aromatic heterocycles. The SMILES string of the molecule is FC1(F)C(F)(F)C(F)(F)C(F)(F)C(F)(F)C1(F)F.O=S(=O)(F)F. The molecule has 0 bridgehead atoms. The molecule has 23 heavy (non-hydrogen) atoms. The summed E-state index contributed by atoms with van der Waals surface area (Å²) in [6, 6.07) is 0. The van der Waals surface area contributed by atoms with Crippen molar-refractivity contribution < 1.29 is 68.9 Å². The molecule has 140 valence electrons. The molecule has 0 aromatic carbocycles. The molecule has 0 saturated heterocycles. The molecule has 0 spiro atoms. The number of hydrogen-bond donors (Lipinski definition) is 0. The highest BCUT2D eigenvalue weighted by Crippen LogP contribution is 2.69. The highest BCUT2D eigenvalue weighted by Gasteiger charge is 3.02. The van der Waals surface area contributed by atoms with Crippen molar-refractivity contribution in [2.75, 3.05) is 0 Å². The average Bonchev–Trinajstić information content (AvgIpc) is 2.23. The maximum Gasteiger partial charge on any atom is 0.476 e. The molecule has 0 amide bonds. The first-order valence-corrected chi connectivity index (χ1v) is 5.69. The Labute approximate surface area is 116 Å². The fourth-order valence-electron chi connectivity index (χ4n) is 1.18. The molecular formula is C6F14O2S. The third-order valence-corrected chi connectivity index (χ3v) is 2.37. The van der Waals surface area contributed by atoms with Crippen LogP contribution in [0.5, 0.6) is 0 Å². The fourth-order valence-corrected chi connectivity index (χ4v) is 1.18. The van der Waals surface area contributed by atoms with Crippen LogP contribution in [0.15, 0.2) is 0 Å². The second-order valence-electron chi connectivity index (χ2n) is 3.82. The van der Waals surface area contributed by atoms with Crippen LogP contribution in [0, 0.1) is 0 Å². The standard InChI is InChI=1S/C6F12.F2O2S/c7-1(8)2(9,10)4(13,14)6(17,18)5(15,16)3(1,11)12;1-5(2,3)4. The van der Waals surface area contributed by atoms with Crippen LogP contribution in [-0.2, 0) is 10.6 Å². The van der Waals surface area contributed by atoms with Crippen LogP contribution in [0.2, 0.25) is 0 Å². The molecule has 0 unspecified atom stereocenters. The molecular weight excluding hydrogens is 402 g/mol. The first-order chi connectivity index (χ1) is 9.50. The minimum atomic E-state index is -7.35. The van der Waals surface area contributed by atoms with Crippen LogP contribution >= 0.6 is 0 Å². The predicted molar refractivity (Wildman–Crippen MR) is 40.8 cm³/mol. The Bertz CT molecular complexity index is 437. The Morgan fingerprint density at radius 2 is 0.435 bits per heavy atom. The van der Waals surface area contributed by atoms with Gasteiger partial charge in [0.15, 0.2) is 0 Å². The molecule has 0 atom stereocenters. The van der Waals surface area contributed by atoms with Gasteiger partial charge in [-0.05, 0) is 0 Å². The first-order valence-electron chi connectivity index (χ1n) is 4.41. The topological polar surface area (TPSA) is 34.1 Å². The van der Waals surface area contributed by atoms with Crippen molar-refractivity contribution in [3.63, 3.8) is 0 Å². The van der Waals surface area contributed by atoms with Crippen LogP contribution in [-0.4, -0.2) is 44.0 Å². The molecule has 0 aliphatic heterocycles. The van der Waals surface area contributed by atoms with Gasteiger partial charge in [-0.25, -0.2) is 0 Å². The quantitative estimate of drug-likeness (QED) is 0.454. The smallest absolute Gasteiger partial charge is 0.192 e. The Hall–Kier alpha value is -1.03. The molecule has 2 nitrogen and oxygen atoms in total. The van der Waals surface area contributed by atoms with Crippen molar-refractivity contribution in [3.05, 3.63) is 0 Å². The Kier molecular flexibility index (Phi) is 4.76. The zero-order valence-electron chi connectivity index (χ0n) is 9.52. The van der Waals surface area contributed by atoms with E-state index in [-0.39, 0.29) is 0 Å². The van der Waals surface area contributed by atoms with Crippen molar-refractivity contribution in [1.29, 1.82) is 0 Å². The molecule has 17 heteroatoms. The summed E-state index contributed by atoms with van der Waals surface area (Å²) in [5.41, 5.74) is 0. The molecule has 0 radical (unpaired) electrons. The maximum atomic E-state index is 12.3. The summed E-state index contributed by atoms with van der Waals surface area (Å²) < 4.78 is 184. The van der Waals surface area contributed by atoms with Crippen LogP contribution in [0.4, 0.5) is 60.5 Å².